The maximum absolute atomic E-state index is 6.01. The Labute approximate surface area is 73.1 Å². The van der Waals surface area contributed by atoms with Crippen LogP contribution in [0.5, 0.6) is 0 Å². The van der Waals surface area contributed by atoms with Gasteiger partial charge in [-0.05, 0) is 35.2 Å². The third kappa shape index (κ3) is 1.11. The Kier molecular flexibility index (Phi) is 1.73. The van der Waals surface area contributed by atoms with Crippen molar-refractivity contribution < 1.29 is 0 Å². The third-order valence-electron chi connectivity index (χ3n) is 3.47. The predicted octanol–water partition coefficient (Wildman–Crippen LogP) is 1.72. The highest BCUT2D eigenvalue weighted by Gasteiger charge is 2.58. The molecule has 3 atom stereocenters. The molecule has 1 heterocycles. The number of hydrogen-bond acceptors (Lipinski definition) is 2. The summed E-state index contributed by atoms with van der Waals surface area (Å²) in [4.78, 5) is 0. The average molecular weight is 171 g/mol. The van der Waals surface area contributed by atoms with Gasteiger partial charge in [-0.25, -0.2) is 0 Å². The van der Waals surface area contributed by atoms with Gasteiger partial charge >= 0.3 is 0 Å². The summed E-state index contributed by atoms with van der Waals surface area (Å²) in [7, 11) is 0. The largest absolute Gasteiger partial charge is 0.327 e. The van der Waals surface area contributed by atoms with Crippen molar-refractivity contribution in [1.82, 2.24) is 0 Å². The van der Waals surface area contributed by atoms with E-state index in [4.69, 9.17) is 5.73 Å². The summed E-state index contributed by atoms with van der Waals surface area (Å²) in [5.74, 6) is 4.49. The molecule has 1 aliphatic heterocycles. The van der Waals surface area contributed by atoms with Gasteiger partial charge in [-0.3, -0.25) is 0 Å². The molecule has 2 fully saturated rings. The Morgan fingerprint density at radius 1 is 1.45 bits per heavy atom. The van der Waals surface area contributed by atoms with E-state index >= 15 is 0 Å². The Balaban J connectivity index is 1.98. The van der Waals surface area contributed by atoms with Crippen molar-refractivity contribution in [3.8, 4) is 0 Å². The molecule has 11 heavy (non-hydrogen) atoms. The van der Waals surface area contributed by atoms with Gasteiger partial charge in [-0.15, -0.1) is 0 Å². The first-order valence-corrected chi connectivity index (χ1v) is 5.63. The molecule has 0 aromatic heterocycles. The summed E-state index contributed by atoms with van der Waals surface area (Å²) >= 11 is 2.10. The second-order valence-electron chi connectivity index (χ2n) is 4.50. The SMILES string of the molecule is CC1(C)[C@H](N)[C@H]1C1CCSC1. The van der Waals surface area contributed by atoms with E-state index in [2.05, 4.69) is 25.6 Å². The molecule has 2 N–H and O–H groups in total. The van der Waals surface area contributed by atoms with Gasteiger partial charge < -0.3 is 5.73 Å². The fourth-order valence-electron chi connectivity index (χ4n) is 2.45. The van der Waals surface area contributed by atoms with Crippen LogP contribution in [-0.4, -0.2) is 17.5 Å². The molecule has 2 heteroatoms. The van der Waals surface area contributed by atoms with E-state index in [1.807, 2.05) is 0 Å². The van der Waals surface area contributed by atoms with E-state index in [0.29, 0.717) is 11.5 Å². The standard InChI is InChI=1S/C9H17NS/c1-9(2)7(8(9)10)6-3-4-11-5-6/h6-8H,3-5,10H2,1-2H3/t6?,7-,8-/m1/s1. The van der Waals surface area contributed by atoms with Crippen LogP contribution >= 0.6 is 11.8 Å². The van der Waals surface area contributed by atoms with Crippen molar-refractivity contribution >= 4 is 11.8 Å². The van der Waals surface area contributed by atoms with Gasteiger partial charge in [-0.1, -0.05) is 13.8 Å². The zero-order valence-electron chi connectivity index (χ0n) is 7.34. The molecule has 0 bridgehead atoms. The molecular formula is C9H17NS. The minimum absolute atomic E-state index is 0.454. The lowest BCUT2D eigenvalue weighted by Gasteiger charge is -2.08. The molecule has 1 aliphatic carbocycles. The summed E-state index contributed by atoms with van der Waals surface area (Å²) in [6.07, 6.45) is 1.41. The van der Waals surface area contributed by atoms with Crippen molar-refractivity contribution in [2.75, 3.05) is 11.5 Å². The number of rotatable bonds is 1. The van der Waals surface area contributed by atoms with Crippen molar-refractivity contribution in [1.29, 1.82) is 0 Å². The maximum Gasteiger partial charge on any atom is 0.0131 e. The molecule has 2 rings (SSSR count). The van der Waals surface area contributed by atoms with Gasteiger partial charge in [0.2, 0.25) is 0 Å². The van der Waals surface area contributed by atoms with Crippen LogP contribution in [0.1, 0.15) is 20.3 Å². The lowest BCUT2D eigenvalue weighted by Crippen LogP contribution is -2.10. The average Bonchev–Trinajstić information content (AvgIpc) is 2.40. The van der Waals surface area contributed by atoms with Gasteiger partial charge in [0.15, 0.2) is 0 Å². The van der Waals surface area contributed by atoms with E-state index in [1.165, 1.54) is 17.9 Å². The smallest absolute Gasteiger partial charge is 0.0131 e. The van der Waals surface area contributed by atoms with Crippen molar-refractivity contribution in [2.24, 2.45) is 23.0 Å². The van der Waals surface area contributed by atoms with E-state index in [0.717, 1.165) is 11.8 Å². The molecular weight excluding hydrogens is 154 g/mol. The summed E-state index contributed by atoms with van der Waals surface area (Å²) in [5.41, 5.74) is 6.47. The Bertz CT molecular complexity index is 161. The van der Waals surface area contributed by atoms with Crippen LogP contribution in [0.4, 0.5) is 0 Å². The maximum atomic E-state index is 6.01. The van der Waals surface area contributed by atoms with E-state index in [9.17, 15) is 0 Å². The summed E-state index contributed by atoms with van der Waals surface area (Å²) in [6, 6.07) is 0.492. The molecule has 1 nitrogen and oxygen atoms in total. The normalized spacial score (nSPS) is 47.7. The minimum atomic E-state index is 0.454. The molecule has 0 radical (unpaired) electrons. The van der Waals surface area contributed by atoms with Crippen LogP contribution in [0, 0.1) is 17.3 Å². The van der Waals surface area contributed by atoms with Gasteiger partial charge in [0, 0.05) is 6.04 Å². The van der Waals surface area contributed by atoms with Crippen LogP contribution in [-0.2, 0) is 0 Å². The number of nitrogens with two attached hydrogens (primary N) is 1. The van der Waals surface area contributed by atoms with E-state index < -0.39 is 0 Å². The quantitative estimate of drug-likeness (QED) is 0.650. The first-order chi connectivity index (χ1) is 5.14. The molecule has 2 aliphatic rings. The molecule has 0 aromatic rings. The Morgan fingerprint density at radius 2 is 2.09 bits per heavy atom. The molecule has 1 saturated carbocycles. The van der Waals surface area contributed by atoms with Gasteiger partial charge in [-0.2, -0.15) is 11.8 Å². The summed E-state index contributed by atoms with van der Waals surface area (Å²) in [5, 5.41) is 0. The molecule has 1 unspecified atom stereocenters. The monoisotopic (exact) mass is 171 g/mol. The highest BCUT2D eigenvalue weighted by atomic mass is 32.2. The van der Waals surface area contributed by atoms with Gasteiger partial charge in [0.05, 0.1) is 0 Å². The van der Waals surface area contributed by atoms with E-state index in [1.54, 1.807) is 0 Å². The highest BCUT2D eigenvalue weighted by Crippen LogP contribution is 2.57. The highest BCUT2D eigenvalue weighted by molar-refractivity contribution is 7.99. The molecule has 0 amide bonds. The zero-order chi connectivity index (χ0) is 8.06. The zero-order valence-corrected chi connectivity index (χ0v) is 8.16. The fraction of sp³-hybridized carbons (Fsp3) is 1.00. The van der Waals surface area contributed by atoms with Crippen LogP contribution in [0.15, 0.2) is 0 Å². The number of hydrogen-bond donors (Lipinski definition) is 1. The second-order valence-corrected chi connectivity index (χ2v) is 5.65. The Hall–Kier alpha value is 0.310. The fourth-order valence-corrected chi connectivity index (χ4v) is 3.77. The first kappa shape index (κ1) is 7.93. The van der Waals surface area contributed by atoms with Crippen LogP contribution < -0.4 is 5.73 Å². The van der Waals surface area contributed by atoms with E-state index in [-0.39, 0.29) is 0 Å². The lowest BCUT2D eigenvalue weighted by molar-refractivity contribution is 0.430. The van der Waals surface area contributed by atoms with Crippen molar-refractivity contribution in [3.05, 3.63) is 0 Å². The molecule has 0 spiro atoms. The van der Waals surface area contributed by atoms with Crippen molar-refractivity contribution in [2.45, 2.75) is 26.3 Å². The molecule has 1 saturated heterocycles. The minimum Gasteiger partial charge on any atom is -0.327 e. The molecule has 64 valence electrons. The number of thioether (sulfide) groups is 1. The first-order valence-electron chi connectivity index (χ1n) is 4.47. The lowest BCUT2D eigenvalue weighted by atomic mass is 9.97. The summed E-state index contributed by atoms with van der Waals surface area (Å²) < 4.78 is 0. The molecule has 0 aromatic carbocycles. The van der Waals surface area contributed by atoms with Gasteiger partial charge in [0.25, 0.3) is 0 Å². The Morgan fingerprint density at radius 3 is 2.45 bits per heavy atom. The van der Waals surface area contributed by atoms with Crippen LogP contribution in [0.25, 0.3) is 0 Å². The third-order valence-corrected chi connectivity index (χ3v) is 4.66. The predicted molar refractivity (Wildman–Crippen MR) is 50.7 cm³/mol. The van der Waals surface area contributed by atoms with Crippen LogP contribution in [0.3, 0.4) is 0 Å². The summed E-state index contributed by atoms with van der Waals surface area (Å²) in [6.45, 7) is 4.62. The van der Waals surface area contributed by atoms with Crippen molar-refractivity contribution in [3.63, 3.8) is 0 Å². The van der Waals surface area contributed by atoms with Crippen LogP contribution in [0.2, 0.25) is 0 Å². The van der Waals surface area contributed by atoms with Gasteiger partial charge in [0.1, 0.15) is 0 Å². The second kappa shape index (κ2) is 2.40. The topological polar surface area (TPSA) is 26.0 Å².